The largest absolute Gasteiger partial charge is 0.497 e. The van der Waals surface area contributed by atoms with Crippen LogP contribution in [0.5, 0.6) is 5.75 Å². The van der Waals surface area contributed by atoms with Gasteiger partial charge in [-0.25, -0.2) is 4.68 Å². The molecule has 1 aliphatic rings. The van der Waals surface area contributed by atoms with Crippen LogP contribution in [0, 0.1) is 10.1 Å². The van der Waals surface area contributed by atoms with Crippen molar-refractivity contribution in [1.82, 2.24) is 30.1 Å². The molecule has 2 aromatic heterocycles. The minimum Gasteiger partial charge on any atom is -0.497 e. The third kappa shape index (κ3) is 4.82. The Morgan fingerprint density at radius 3 is 2.39 bits per heavy atom. The lowest BCUT2D eigenvalue weighted by molar-refractivity contribution is -0.384. The molecule has 4 aromatic rings. The Kier molecular flexibility index (Phi) is 6.57. The SMILES string of the molecule is COc1ccc2[nH]c(=O)c(C(c3nnnn3C(C)(C)C)N3CCN(c4ccc([N+](=O)[O-])cc4)CC3)cc2c1. The second-order valence-corrected chi connectivity index (χ2v) is 10.3. The van der Waals surface area contributed by atoms with Gasteiger partial charge in [0.2, 0.25) is 0 Å². The summed E-state index contributed by atoms with van der Waals surface area (Å²) < 4.78 is 7.17. The molecule has 1 saturated heterocycles. The number of benzene rings is 2. The van der Waals surface area contributed by atoms with Crippen molar-refractivity contribution in [2.45, 2.75) is 32.4 Å². The van der Waals surface area contributed by atoms with E-state index in [0.29, 0.717) is 43.3 Å². The molecule has 1 unspecified atom stereocenters. The molecule has 1 fully saturated rings. The summed E-state index contributed by atoms with van der Waals surface area (Å²) in [5, 5.41) is 24.5. The molecule has 12 nitrogen and oxygen atoms in total. The summed E-state index contributed by atoms with van der Waals surface area (Å²) in [6.45, 7) is 8.67. The minimum absolute atomic E-state index is 0.0635. The number of aromatic amines is 1. The van der Waals surface area contributed by atoms with Gasteiger partial charge in [-0.2, -0.15) is 0 Å². The van der Waals surface area contributed by atoms with E-state index in [2.05, 4.69) is 30.3 Å². The zero-order valence-corrected chi connectivity index (χ0v) is 21.8. The maximum atomic E-state index is 13.4. The van der Waals surface area contributed by atoms with Crippen molar-refractivity contribution >= 4 is 22.3 Å². The number of ether oxygens (including phenoxy) is 1. The van der Waals surface area contributed by atoms with Crippen LogP contribution in [0.25, 0.3) is 10.9 Å². The molecule has 1 atom stereocenters. The Bertz CT molecular complexity index is 1520. The number of tetrazole rings is 1. The van der Waals surface area contributed by atoms with Gasteiger partial charge in [-0.05, 0) is 67.6 Å². The van der Waals surface area contributed by atoms with E-state index in [1.54, 1.807) is 23.9 Å². The first-order chi connectivity index (χ1) is 18.2. The Morgan fingerprint density at radius 2 is 1.76 bits per heavy atom. The predicted molar refractivity (Wildman–Crippen MR) is 143 cm³/mol. The quantitative estimate of drug-likeness (QED) is 0.302. The highest BCUT2D eigenvalue weighted by Gasteiger charge is 2.35. The van der Waals surface area contributed by atoms with Gasteiger partial charge < -0.3 is 14.6 Å². The zero-order valence-electron chi connectivity index (χ0n) is 21.8. The summed E-state index contributed by atoms with van der Waals surface area (Å²) in [6, 6.07) is 13.5. The first kappa shape index (κ1) is 25.3. The van der Waals surface area contributed by atoms with E-state index in [1.165, 1.54) is 12.1 Å². The second-order valence-electron chi connectivity index (χ2n) is 10.3. The van der Waals surface area contributed by atoms with Crippen molar-refractivity contribution in [3.8, 4) is 5.75 Å². The number of anilines is 1. The van der Waals surface area contributed by atoms with Crippen molar-refractivity contribution in [3.63, 3.8) is 0 Å². The van der Waals surface area contributed by atoms with Gasteiger partial charge in [0.1, 0.15) is 11.8 Å². The summed E-state index contributed by atoms with van der Waals surface area (Å²) in [5.74, 6) is 1.29. The van der Waals surface area contributed by atoms with Crippen LogP contribution in [-0.4, -0.2) is 68.3 Å². The van der Waals surface area contributed by atoms with E-state index in [9.17, 15) is 14.9 Å². The van der Waals surface area contributed by atoms with E-state index < -0.39 is 16.5 Å². The molecule has 12 heteroatoms. The summed E-state index contributed by atoms with van der Waals surface area (Å²) >= 11 is 0. The average molecular weight is 519 g/mol. The molecule has 0 radical (unpaired) electrons. The molecule has 0 saturated carbocycles. The molecular weight excluding hydrogens is 488 g/mol. The van der Waals surface area contributed by atoms with Crippen molar-refractivity contribution in [2.75, 3.05) is 38.2 Å². The van der Waals surface area contributed by atoms with Crippen LogP contribution in [0.3, 0.4) is 0 Å². The molecule has 1 N–H and O–H groups in total. The molecule has 198 valence electrons. The molecule has 0 aliphatic carbocycles. The average Bonchev–Trinajstić information content (AvgIpc) is 3.40. The number of non-ortho nitro benzene ring substituents is 1. The molecule has 5 rings (SSSR count). The maximum absolute atomic E-state index is 13.4. The van der Waals surface area contributed by atoms with Gasteiger partial charge in [0.25, 0.3) is 11.2 Å². The van der Waals surface area contributed by atoms with Gasteiger partial charge in [0.05, 0.1) is 17.6 Å². The summed E-state index contributed by atoms with van der Waals surface area (Å²) in [4.78, 5) is 31.5. The van der Waals surface area contributed by atoms with E-state index in [0.717, 1.165) is 16.6 Å². The topological polar surface area (TPSA) is 135 Å². The number of hydrogen-bond acceptors (Lipinski definition) is 9. The van der Waals surface area contributed by atoms with Crippen LogP contribution in [0.15, 0.2) is 53.3 Å². The number of nitro benzene ring substituents is 1. The number of rotatable bonds is 6. The van der Waals surface area contributed by atoms with Gasteiger partial charge in [-0.15, -0.1) is 5.10 Å². The number of piperazine rings is 1. The van der Waals surface area contributed by atoms with Gasteiger partial charge >= 0.3 is 0 Å². The summed E-state index contributed by atoms with van der Waals surface area (Å²) in [6.07, 6.45) is 0. The molecule has 3 heterocycles. The number of pyridine rings is 1. The fourth-order valence-electron chi connectivity index (χ4n) is 4.90. The number of nitrogens with zero attached hydrogens (tertiary/aromatic N) is 7. The number of H-pyrrole nitrogens is 1. The number of fused-ring (bicyclic) bond motifs is 1. The highest BCUT2D eigenvalue weighted by molar-refractivity contribution is 5.80. The molecule has 0 amide bonds. The standard InChI is InChI=1S/C26H30N8O4/c1-26(2,3)33-24(28-29-30-33)23(21-16-17-15-20(38-4)9-10-22(17)27-25(21)35)32-13-11-31(12-14-32)18-5-7-19(8-6-18)34(36)37/h5-10,15-16,23H,11-14H2,1-4H3,(H,27,35). The molecule has 0 bridgehead atoms. The van der Waals surface area contributed by atoms with Crippen LogP contribution in [0.2, 0.25) is 0 Å². The van der Waals surface area contributed by atoms with Crippen LogP contribution < -0.4 is 15.2 Å². The van der Waals surface area contributed by atoms with E-state index >= 15 is 0 Å². The van der Waals surface area contributed by atoms with Crippen LogP contribution in [0.4, 0.5) is 11.4 Å². The van der Waals surface area contributed by atoms with Crippen LogP contribution in [0.1, 0.15) is 38.2 Å². The van der Waals surface area contributed by atoms with Crippen LogP contribution in [-0.2, 0) is 5.54 Å². The molecule has 2 aromatic carbocycles. The number of aromatic nitrogens is 5. The number of nitrogens with one attached hydrogen (secondary N) is 1. The third-order valence-electron chi connectivity index (χ3n) is 6.85. The van der Waals surface area contributed by atoms with Crippen molar-refractivity contribution in [2.24, 2.45) is 0 Å². The Labute approximate surface area is 219 Å². The van der Waals surface area contributed by atoms with Gasteiger partial charge in [-0.3, -0.25) is 19.8 Å². The van der Waals surface area contributed by atoms with E-state index in [4.69, 9.17) is 4.74 Å². The normalized spacial score (nSPS) is 15.5. The fraction of sp³-hybridized carbons (Fsp3) is 0.385. The Morgan fingerprint density at radius 1 is 1.05 bits per heavy atom. The predicted octanol–water partition coefficient (Wildman–Crippen LogP) is 3.10. The summed E-state index contributed by atoms with van der Waals surface area (Å²) in [5.41, 5.74) is 1.65. The third-order valence-corrected chi connectivity index (χ3v) is 6.85. The monoisotopic (exact) mass is 518 g/mol. The van der Waals surface area contributed by atoms with Crippen LogP contribution >= 0.6 is 0 Å². The van der Waals surface area contributed by atoms with Crippen molar-refractivity contribution in [1.29, 1.82) is 0 Å². The number of hydrogen-bond donors (Lipinski definition) is 1. The first-order valence-electron chi connectivity index (χ1n) is 12.4. The van der Waals surface area contributed by atoms with Crippen molar-refractivity contribution in [3.05, 3.63) is 80.4 Å². The highest BCUT2D eigenvalue weighted by atomic mass is 16.6. The van der Waals surface area contributed by atoms with E-state index in [-0.39, 0.29) is 11.2 Å². The highest BCUT2D eigenvalue weighted by Crippen LogP contribution is 2.31. The minimum atomic E-state index is -0.484. The molecule has 0 spiro atoms. The molecular formula is C26H30N8O4. The molecule has 1 aliphatic heterocycles. The van der Waals surface area contributed by atoms with Crippen molar-refractivity contribution < 1.29 is 9.66 Å². The Balaban J connectivity index is 1.52. The van der Waals surface area contributed by atoms with E-state index in [1.807, 2.05) is 45.0 Å². The second kappa shape index (κ2) is 9.86. The lowest BCUT2D eigenvalue weighted by Gasteiger charge is -2.40. The molecule has 38 heavy (non-hydrogen) atoms. The first-order valence-corrected chi connectivity index (χ1v) is 12.4. The summed E-state index contributed by atoms with van der Waals surface area (Å²) in [7, 11) is 1.61. The number of nitro groups is 1. The fourth-order valence-corrected chi connectivity index (χ4v) is 4.90. The zero-order chi connectivity index (χ0) is 27.0. The number of methoxy groups -OCH3 is 1. The van der Waals surface area contributed by atoms with Gasteiger partial charge in [-0.1, -0.05) is 0 Å². The lowest BCUT2D eigenvalue weighted by Crippen LogP contribution is -2.49. The smallest absolute Gasteiger partial charge is 0.269 e. The maximum Gasteiger partial charge on any atom is 0.269 e. The van der Waals surface area contributed by atoms with Gasteiger partial charge in [0, 0.05) is 60.5 Å². The lowest BCUT2D eigenvalue weighted by atomic mass is 10.0. The van der Waals surface area contributed by atoms with Gasteiger partial charge in [0.15, 0.2) is 5.82 Å². The Hall–Kier alpha value is -4.32.